The normalized spacial score (nSPS) is 11.6. The third-order valence-electron chi connectivity index (χ3n) is 10.6. The zero-order valence-corrected chi connectivity index (χ0v) is 33.3. The fraction of sp³-hybridized carbons (Fsp3) is 0.891. The molecule has 0 aliphatic carbocycles. The van der Waals surface area contributed by atoms with Crippen molar-refractivity contribution in [1.82, 2.24) is 9.97 Å². The molecule has 0 aliphatic rings. The van der Waals surface area contributed by atoms with Crippen LogP contribution in [0.3, 0.4) is 0 Å². The highest BCUT2D eigenvalue weighted by atomic mass is 14.9. The van der Waals surface area contributed by atoms with Gasteiger partial charge in [-0.3, -0.25) is 0 Å². The van der Waals surface area contributed by atoms with Crippen LogP contribution in [-0.4, -0.2) is 9.97 Å². The van der Waals surface area contributed by atoms with Gasteiger partial charge in [0.25, 0.3) is 0 Å². The Morgan fingerprint density at radius 2 is 0.583 bits per heavy atom. The summed E-state index contributed by atoms with van der Waals surface area (Å²) in [6.45, 7) is 8.66. The maximum absolute atomic E-state index is 4.97. The Labute approximate surface area is 303 Å². The molecular weight excluding hydrogens is 581 g/mol. The van der Waals surface area contributed by atoms with E-state index >= 15 is 0 Å². The largest absolute Gasteiger partial charge is 0.238 e. The Balaban J connectivity index is 2.04. The quantitative estimate of drug-likeness (QED) is 0.0653. The van der Waals surface area contributed by atoms with Crippen molar-refractivity contribution >= 4 is 0 Å². The van der Waals surface area contributed by atoms with E-state index < -0.39 is 0 Å². The molecule has 0 saturated carbocycles. The Kier molecular flexibility index (Phi) is 35.1. The van der Waals surface area contributed by atoms with Crippen molar-refractivity contribution in [2.45, 2.75) is 264 Å². The number of hydrogen-bond acceptors (Lipinski definition) is 2. The smallest absolute Gasteiger partial charge is 0.128 e. The summed E-state index contributed by atoms with van der Waals surface area (Å²) >= 11 is 0. The molecule has 0 fully saturated rings. The first-order valence-electron chi connectivity index (χ1n) is 22.4. The fourth-order valence-corrected chi connectivity index (χ4v) is 7.33. The van der Waals surface area contributed by atoms with Crippen molar-refractivity contribution in [3.8, 4) is 0 Å². The summed E-state index contributed by atoms with van der Waals surface area (Å²) in [4.78, 5) is 9.94. The van der Waals surface area contributed by atoms with Gasteiger partial charge in [0.1, 0.15) is 5.82 Å². The number of aryl methyl sites for hydroxylation is 3. The van der Waals surface area contributed by atoms with Crippen molar-refractivity contribution in [3.63, 3.8) is 0 Å². The molecule has 0 bridgehead atoms. The van der Waals surface area contributed by atoms with E-state index in [-0.39, 0.29) is 0 Å². The summed E-state index contributed by atoms with van der Waals surface area (Å²) in [7, 11) is 0. The zero-order valence-electron chi connectivity index (χ0n) is 33.3. The summed E-state index contributed by atoms with van der Waals surface area (Å²) < 4.78 is 0. The van der Waals surface area contributed by atoms with E-state index in [1.54, 1.807) is 0 Å². The molecule has 1 radical (unpaired) electrons. The highest BCUT2D eigenvalue weighted by Gasteiger charge is 2.06. The molecule has 48 heavy (non-hydrogen) atoms. The molecule has 1 aromatic rings. The second-order valence-electron chi connectivity index (χ2n) is 15.5. The van der Waals surface area contributed by atoms with E-state index in [2.05, 4.69) is 26.8 Å². The molecule has 0 unspecified atom stereocenters. The Morgan fingerprint density at radius 3 is 0.833 bits per heavy atom. The lowest BCUT2D eigenvalue weighted by atomic mass is 10.0. The van der Waals surface area contributed by atoms with E-state index in [9.17, 15) is 0 Å². The predicted molar refractivity (Wildman–Crippen MR) is 216 cm³/mol. The van der Waals surface area contributed by atoms with Crippen molar-refractivity contribution < 1.29 is 0 Å². The van der Waals surface area contributed by atoms with Crippen LogP contribution in [0.5, 0.6) is 0 Å². The van der Waals surface area contributed by atoms with Gasteiger partial charge >= 0.3 is 0 Å². The minimum absolute atomic E-state index is 0.974. The fourth-order valence-electron chi connectivity index (χ4n) is 7.33. The van der Waals surface area contributed by atoms with Crippen LogP contribution < -0.4 is 0 Å². The summed E-state index contributed by atoms with van der Waals surface area (Å²) in [6.07, 6.45) is 53.9. The molecule has 0 aromatic carbocycles. The Hall–Kier alpha value is -0.920. The van der Waals surface area contributed by atoms with Crippen LogP contribution >= 0.6 is 0 Å². The third kappa shape index (κ3) is 31.1. The van der Waals surface area contributed by atoms with Gasteiger partial charge in [-0.15, -0.1) is 0 Å². The predicted octanol–water partition coefficient (Wildman–Crippen LogP) is 16.0. The average Bonchev–Trinajstić information content (AvgIpc) is 3.10. The van der Waals surface area contributed by atoms with Crippen molar-refractivity contribution in [3.05, 3.63) is 30.2 Å². The minimum atomic E-state index is 0.974. The molecule has 2 heteroatoms. The maximum atomic E-state index is 4.97. The number of rotatable bonds is 39. The molecule has 0 atom stereocenters. The van der Waals surface area contributed by atoms with Crippen LogP contribution in [0.25, 0.3) is 0 Å². The molecule has 1 aromatic heterocycles. The van der Waals surface area contributed by atoms with Gasteiger partial charge in [-0.2, -0.15) is 0 Å². The molecule has 2 nitrogen and oxygen atoms in total. The first-order valence-corrected chi connectivity index (χ1v) is 22.4. The molecule has 1 heterocycles. The molecule has 0 spiro atoms. The molecule has 0 aliphatic heterocycles. The average molecular weight is 668 g/mol. The number of nitrogens with zero attached hydrogens (tertiary/aromatic N) is 2. The third-order valence-corrected chi connectivity index (χ3v) is 10.6. The minimum Gasteiger partial charge on any atom is -0.238 e. The SMILES string of the molecule is [CH2]CCCc1nc(CCCCCCCCCCCCCCCCCCC)cc(CCCCCCCCCCCCCCCCCCC)n1. The highest BCUT2D eigenvalue weighted by molar-refractivity contribution is 5.12. The summed E-state index contributed by atoms with van der Waals surface area (Å²) in [6, 6.07) is 2.34. The van der Waals surface area contributed by atoms with Crippen molar-refractivity contribution in [1.29, 1.82) is 0 Å². The Bertz CT molecular complexity index is 702. The molecule has 0 N–H and O–H groups in total. The van der Waals surface area contributed by atoms with E-state index in [1.807, 2.05) is 0 Å². The lowest BCUT2D eigenvalue weighted by molar-refractivity contribution is 0.526. The van der Waals surface area contributed by atoms with Gasteiger partial charge in [0.15, 0.2) is 0 Å². The van der Waals surface area contributed by atoms with Crippen LogP contribution in [0.15, 0.2) is 6.07 Å². The molecule has 0 saturated heterocycles. The maximum Gasteiger partial charge on any atom is 0.128 e. The highest BCUT2D eigenvalue weighted by Crippen LogP contribution is 2.17. The van der Waals surface area contributed by atoms with E-state index in [0.29, 0.717) is 0 Å². The number of aromatic nitrogens is 2. The number of unbranched alkanes of at least 4 members (excludes halogenated alkanes) is 33. The van der Waals surface area contributed by atoms with Gasteiger partial charge in [-0.25, -0.2) is 9.97 Å². The standard InChI is InChI=1S/C46H87N2/c1-4-7-10-12-14-16-18-20-22-24-26-28-30-32-34-36-38-40-44-43-45(48-46(47-44)42-9-6-3)41-39-37-35-33-31-29-27-25-23-21-19-17-15-13-11-8-5-2/h43H,3-42H2,1-2H3. The van der Waals surface area contributed by atoms with Crippen LogP contribution in [0.2, 0.25) is 0 Å². The van der Waals surface area contributed by atoms with Gasteiger partial charge in [0, 0.05) is 17.8 Å². The van der Waals surface area contributed by atoms with Gasteiger partial charge < -0.3 is 0 Å². The Morgan fingerprint density at radius 1 is 0.333 bits per heavy atom. The van der Waals surface area contributed by atoms with Gasteiger partial charge in [-0.1, -0.05) is 233 Å². The van der Waals surface area contributed by atoms with Gasteiger partial charge in [0.2, 0.25) is 0 Å². The molecule has 1 rings (SSSR count). The molecular formula is C46H87N2. The lowest BCUT2D eigenvalue weighted by Gasteiger charge is -2.09. The molecule has 0 amide bonds. The van der Waals surface area contributed by atoms with Crippen molar-refractivity contribution in [2.75, 3.05) is 0 Å². The van der Waals surface area contributed by atoms with Crippen LogP contribution in [-0.2, 0) is 19.3 Å². The topological polar surface area (TPSA) is 25.8 Å². The monoisotopic (exact) mass is 668 g/mol. The van der Waals surface area contributed by atoms with Crippen molar-refractivity contribution in [2.24, 2.45) is 0 Å². The lowest BCUT2D eigenvalue weighted by Crippen LogP contribution is -2.04. The van der Waals surface area contributed by atoms with E-state index in [0.717, 1.165) is 37.9 Å². The number of hydrogen-bond donors (Lipinski definition) is 0. The van der Waals surface area contributed by atoms with Crippen LogP contribution in [0.4, 0.5) is 0 Å². The van der Waals surface area contributed by atoms with Crippen LogP contribution in [0, 0.1) is 6.92 Å². The summed E-state index contributed by atoms with van der Waals surface area (Å²) in [5, 5.41) is 0. The van der Waals surface area contributed by atoms with E-state index in [4.69, 9.17) is 9.97 Å². The first-order chi connectivity index (χ1) is 23.8. The zero-order chi connectivity index (χ0) is 34.4. The van der Waals surface area contributed by atoms with E-state index in [1.165, 1.54) is 230 Å². The van der Waals surface area contributed by atoms with Crippen LogP contribution in [0.1, 0.15) is 262 Å². The second kappa shape index (κ2) is 37.3. The second-order valence-corrected chi connectivity index (χ2v) is 15.5. The van der Waals surface area contributed by atoms with Gasteiger partial charge in [-0.05, 0) is 38.2 Å². The van der Waals surface area contributed by atoms with Gasteiger partial charge in [0.05, 0.1) is 0 Å². The summed E-state index contributed by atoms with van der Waals surface area (Å²) in [5.41, 5.74) is 2.60. The first kappa shape index (κ1) is 45.1. The summed E-state index contributed by atoms with van der Waals surface area (Å²) in [5.74, 6) is 1.07. The molecule has 281 valence electrons.